The number of nitrogens with one attached hydrogen (secondary N) is 2. The van der Waals surface area contributed by atoms with Crippen molar-refractivity contribution in [1.82, 2.24) is 15.5 Å². The summed E-state index contributed by atoms with van der Waals surface area (Å²) in [4.78, 5) is 27.9. The molecule has 1 aliphatic rings. The Bertz CT molecular complexity index is 745. The Kier molecular flexibility index (Phi) is 6.41. The fraction of sp³-hybridized carbons (Fsp3) is 0.400. The molecule has 1 unspecified atom stereocenters. The Morgan fingerprint density at radius 2 is 2.00 bits per heavy atom. The molecule has 3 rings (SSSR count). The zero-order valence-corrected chi connectivity index (χ0v) is 15.8. The van der Waals surface area contributed by atoms with Gasteiger partial charge in [0.25, 0.3) is 5.91 Å². The number of fused-ring (bicyclic) bond motifs is 1. The lowest BCUT2D eigenvalue weighted by molar-refractivity contribution is -0.121. The van der Waals surface area contributed by atoms with Crippen molar-refractivity contribution in [3.8, 4) is 0 Å². The van der Waals surface area contributed by atoms with Gasteiger partial charge in [-0.15, -0.1) is 11.3 Å². The molecule has 26 heavy (non-hydrogen) atoms. The van der Waals surface area contributed by atoms with Crippen LogP contribution in [0.4, 0.5) is 0 Å². The highest BCUT2D eigenvalue weighted by Crippen LogP contribution is 2.24. The van der Waals surface area contributed by atoms with E-state index >= 15 is 0 Å². The van der Waals surface area contributed by atoms with Crippen LogP contribution in [0.1, 0.15) is 34.1 Å². The molecule has 0 spiro atoms. The van der Waals surface area contributed by atoms with E-state index in [0.29, 0.717) is 31.1 Å². The first kappa shape index (κ1) is 18.6. The standard InChI is InChI=1S/C20H25N3O2S/c1-15(23-11-8-18-17(14-23)9-12-26-18)13-22-19(24)7-10-21-20(25)16-5-3-2-4-6-16/h2-6,9,12,15H,7-8,10-11,13-14H2,1H3,(H,21,25)(H,22,24). The Morgan fingerprint density at radius 3 is 2.81 bits per heavy atom. The van der Waals surface area contributed by atoms with Gasteiger partial charge in [0.2, 0.25) is 5.91 Å². The van der Waals surface area contributed by atoms with Crippen molar-refractivity contribution in [2.24, 2.45) is 0 Å². The molecule has 0 saturated heterocycles. The predicted octanol–water partition coefficient (Wildman–Crippen LogP) is 2.43. The van der Waals surface area contributed by atoms with Crippen LogP contribution < -0.4 is 10.6 Å². The number of carbonyl (C=O) groups is 2. The van der Waals surface area contributed by atoms with Gasteiger partial charge in [0.1, 0.15) is 0 Å². The Morgan fingerprint density at radius 1 is 1.19 bits per heavy atom. The van der Waals surface area contributed by atoms with E-state index in [0.717, 1.165) is 19.5 Å². The first-order chi connectivity index (χ1) is 12.6. The van der Waals surface area contributed by atoms with E-state index in [2.05, 4.69) is 33.9 Å². The molecule has 0 aliphatic carbocycles. The van der Waals surface area contributed by atoms with E-state index in [1.165, 1.54) is 10.4 Å². The van der Waals surface area contributed by atoms with E-state index in [9.17, 15) is 9.59 Å². The quantitative estimate of drug-likeness (QED) is 0.786. The van der Waals surface area contributed by atoms with Crippen LogP contribution in [0.5, 0.6) is 0 Å². The summed E-state index contributed by atoms with van der Waals surface area (Å²) in [5.41, 5.74) is 2.03. The third kappa shape index (κ3) is 4.93. The van der Waals surface area contributed by atoms with Crippen LogP contribution in [0.25, 0.3) is 0 Å². The highest BCUT2D eigenvalue weighted by Gasteiger charge is 2.21. The van der Waals surface area contributed by atoms with Gasteiger partial charge in [-0.2, -0.15) is 0 Å². The molecule has 2 heterocycles. The summed E-state index contributed by atoms with van der Waals surface area (Å²) in [5, 5.41) is 7.92. The zero-order valence-electron chi connectivity index (χ0n) is 15.0. The molecule has 6 heteroatoms. The van der Waals surface area contributed by atoms with E-state index in [1.54, 1.807) is 12.1 Å². The molecule has 2 amide bonds. The summed E-state index contributed by atoms with van der Waals surface area (Å²) >= 11 is 1.84. The van der Waals surface area contributed by atoms with Crippen molar-refractivity contribution in [1.29, 1.82) is 0 Å². The topological polar surface area (TPSA) is 61.4 Å². The summed E-state index contributed by atoms with van der Waals surface area (Å²) in [5.74, 6) is -0.176. The molecular weight excluding hydrogens is 346 g/mol. The first-order valence-corrected chi connectivity index (χ1v) is 9.90. The van der Waals surface area contributed by atoms with Crippen molar-refractivity contribution in [2.75, 3.05) is 19.6 Å². The normalized spacial score (nSPS) is 15.1. The molecule has 5 nitrogen and oxygen atoms in total. The van der Waals surface area contributed by atoms with E-state index in [-0.39, 0.29) is 11.8 Å². The number of thiophene rings is 1. The molecule has 0 bridgehead atoms. The van der Waals surface area contributed by atoms with Crippen LogP contribution in [-0.4, -0.2) is 42.4 Å². The van der Waals surface area contributed by atoms with Crippen molar-refractivity contribution >= 4 is 23.2 Å². The second-order valence-corrected chi connectivity index (χ2v) is 7.62. The summed E-state index contributed by atoms with van der Waals surface area (Å²) in [6, 6.07) is 11.5. The molecule has 1 aliphatic heterocycles. The molecule has 2 aromatic rings. The molecule has 1 aromatic carbocycles. The summed E-state index contributed by atoms with van der Waals surface area (Å²) in [7, 11) is 0. The van der Waals surface area contributed by atoms with E-state index in [4.69, 9.17) is 0 Å². The SMILES string of the molecule is CC(CNC(=O)CCNC(=O)c1ccccc1)N1CCc2sccc2C1. The monoisotopic (exact) mass is 371 g/mol. The van der Waals surface area contributed by atoms with Gasteiger partial charge in [0.15, 0.2) is 0 Å². The van der Waals surface area contributed by atoms with Gasteiger partial charge >= 0.3 is 0 Å². The fourth-order valence-corrected chi connectivity index (χ4v) is 4.00. The molecule has 138 valence electrons. The number of amides is 2. The largest absolute Gasteiger partial charge is 0.354 e. The number of rotatable bonds is 7. The zero-order chi connectivity index (χ0) is 18.4. The minimum atomic E-state index is -0.147. The molecule has 2 N–H and O–H groups in total. The second kappa shape index (κ2) is 8.96. The number of nitrogens with zero attached hydrogens (tertiary/aromatic N) is 1. The van der Waals surface area contributed by atoms with Gasteiger partial charge in [0.05, 0.1) is 0 Å². The Labute approximate surface area is 158 Å². The summed E-state index contributed by atoms with van der Waals surface area (Å²) < 4.78 is 0. The van der Waals surface area contributed by atoms with Crippen LogP contribution >= 0.6 is 11.3 Å². The highest BCUT2D eigenvalue weighted by atomic mass is 32.1. The fourth-order valence-electron chi connectivity index (χ4n) is 3.11. The average Bonchev–Trinajstić information content (AvgIpc) is 3.14. The number of hydrogen-bond acceptors (Lipinski definition) is 4. The van der Waals surface area contributed by atoms with Gasteiger partial charge in [-0.1, -0.05) is 18.2 Å². The average molecular weight is 372 g/mol. The summed E-state index contributed by atoms with van der Waals surface area (Å²) in [6.07, 6.45) is 1.39. The van der Waals surface area contributed by atoms with Crippen LogP contribution in [0.15, 0.2) is 41.8 Å². The number of carbonyl (C=O) groups excluding carboxylic acids is 2. The minimum Gasteiger partial charge on any atom is -0.354 e. The van der Waals surface area contributed by atoms with Gasteiger partial charge in [-0.05, 0) is 42.5 Å². The third-order valence-corrected chi connectivity index (χ3v) is 5.75. The predicted molar refractivity (Wildman–Crippen MR) is 104 cm³/mol. The molecule has 1 aromatic heterocycles. The van der Waals surface area contributed by atoms with Gasteiger partial charge in [-0.3, -0.25) is 14.5 Å². The summed E-state index contributed by atoms with van der Waals surface area (Å²) in [6.45, 7) is 5.12. The van der Waals surface area contributed by atoms with Crippen LogP contribution in [0, 0.1) is 0 Å². The maximum Gasteiger partial charge on any atom is 0.251 e. The third-order valence-electron chi connectivity index (χ3n) is 4.73. The lowest BCUT2D eigenvalue weighted by atomic mass is 10.1. The van der Waals surface area contributed by atoms with Crippen molar-refractivity contribution in [3.63, 3.8) is 0 Å². The Hall–Kier alpha value is -2.18. The second-order valence-electron chi connectivity index (χ2n) is 6.61. The molecule has 0 fully saturated rings. The van der Waals surface area contributed by atoms with Gasteiger partial charge < -0.3 is 10.6 Å². The molecule has 0 radical (unpaired) electrons. The van der Waals surface area contributed by atoms with Gasteiger partial charge in [-0.25, -0.2) is 0 Å². The number of benzene rings is 1. The first-order valence-electron chi connectivity index (χ1n) is 9.02. The van der Waals surface area contributed by atoms with Crippen LogP contribution in [0.2, 0.25) is 0 Å². The van der Waals surface area contributed by atoms with Crippen molar-refractivity contribution in [3.05, 3.63) is 57.8 Å². The molecular formula is C20H25N3O2S. The number of hydrogen-bond donors (Lipinski definition) is 2. The minimum absolute atomic E-state index is 0.0292. The van der Waals surface area contributed by atoms with Crippen LogP contribution in [0.3, 0.4) is 0 Å². The maximum absolute atomic E-state index is 12.0. The van der Waals surface area contributed by atoms with Crippen molar-refractivity contribution < 1.29 is 9.59 Å². The van der Waals surface area contributed by atoms with Gasteiger partial charge in [0, 0.05) is 49.1 Å². The maximum atomic E-state index is 12.0. The molecule has 0 saturated carbocycles. The Balaban J connectivity index is 1.34. The van der Waals surface area contributed by atoms with E-state index in [1.807, 2.05) is 29.5 Å². The highest BCUT2D eigenvalue weighted by molar-refractivity contribution is 7.10. The molecule has 1 atom stereocenters. The smallest absolute Gasteiger partial charge is 0.251 e. The lowest BCUT2D eigenvalue weighted by Crippen LogP contribution is -2.44. The van der Waals surface area contributed by atoms with E-state index < -0.39 is 0 Å². The lowest BCUT2D eigenvalue weighted by Gasteiger charge is -2.32. The van der Waals surface area contributed by atoms with Crippen LogP contribution in [-0.2, 0) is 17.8 Å². The van der Waals surface area contributed by atoms with Crippen molar-refractivity contribution in [2.45, 2.75) is 32.4 Å².